The molecule has 0 radical (unpaired) electrons. The summed E-state index contributed by atoms with van der Waals surface area (Å²) in [6.07, 6.45) is 5.25. The number of carbonyl (C=O) groups is 2. The number of nitrogens with two attached hydrogens (primary N) is 2. The molecule has 7 nitrogen and oxygen atoms in total. The number of aldehydes is 1. The van der Waals surface area contributed by atoms with Crippen molar-refractivity contribution in [2.45, 2.75) is 26.2 Å². The van der Waals surface area contributed by atoms with E-state index in [1.807, 2.05) is 6.07 Å². The van der Waals surface area contributed by atoms with Gasteiger partial charge in [0.2, 0.25) is 5.91 Å². The summed E-state index contributed by atoms with van der Waals surface area (Å²) in [6.45, 7) is 3.63. The van der Waals surface area contributed by atoms with Crippen LogP contribution < -0.4 is 16.8 Å². The Bertz CT molecular complexity index is 852. The summed E-state index contributed by atoms with van der Waals surface area (Å²) >= 11 is 0. The van der Waals surface area contributed by atoms with Crippen LogP contribution in [-0.4, -0.2) is 42.6 Å². The molecule has 1 fully saturated rings. The predicted octanol–water partition coefficient (Wildman–Crippen LogP) is 1.68. The smallest absolute Gasteiger partial charge is 0.219 e. The number of rotatable bonds is 7. The van der Waals surface area contributed by atoms with Crippen LogP contribution >= 0.6 is 0 Å². The summed E-state index contributed by atoms with van der Waals surface area (Å²) in [6, 6.07) is 7.18. The Hall–Kier alpha value is -3.09. The van der Waals surface area contributed by atoms with Crippen LogP contribution in [-0.2, 0) is 9.59 Å². The topological polar surface area (TPSA) is 114 Å². The lowest BCUT2D eigenvalue weighted by molar-refractivity contribution is -0.128. The molecule has 1 heterocycles. The van der Waals surface area contributed by atoms with Crippen LogP contribution in [0.25, 0.3) is 5.57 Å². The molecular formula is C21H27N5O2. The maximum atomic E-state index is 11.8. The maximum absolute atomic E-state index is 11.8. The lowest BCUT2D eigenvalue weighted by atomic mass is 10.0. The molecule has 1 aromatic rings. The number of nitrogens with zero attached hydrogens (tertiary/aromatic N) is 2. The minimum Gasteiger partial charge on any atom is -0.404 e. The molecule has 0 bridgehead atoms. The third-order valence-electron chi connectivity index (χ3n) is 5.14. The summed E-state index contributed by atoms with van der Waals surface area (Å²) < 4.78 is 0. The van der Waals surface area contributed by atoms with Crippen molar-refractivity contribution in [3.63, 3.8) is 0 Å². The highest BCUT2D eigenvalue weighted by Crippen LogP contribution is 2.29. The first-order valence-electron chi connectivity index (χ1n) is 9.55. The average Bonchev–Trinajstić information content (AvgIpc) is 3.52. The number of amidine groups is 1. The summed E-state index contributed by atoms with van der Waals surface area (Å²) in [7, 11) is 0. The molecule has 5 N–H and O–H groups in total. The van der Waals surface area contributed by atoms with E-state index in [1.165, 1.54) is 19.0 Å². The Morgan fingerprint density at radius 2 is 2.18 bits per heavy atom. The molecule has 0 aromatic heterocycles. The first-order chi connectivity index (χ1) is 13.5. The van der Waals surface area contributed by atoms with E-state index in [0.717, 1.165) is 30.2 Å². The number of amides is 1. The van der Waals surface area contributed by atoms with E-state index in [-0.39, 0.29) is 5.91 Å². The second-order valence-corrected chi connectivity index (χ2v) is 7.26. The fraction of sp³-hybridized carbons (Fsp3) is 0.381. The van der Waals surface area contributed by atoms with Gasteiger partial charge in [-0.3, -0.25) is 9.59 Å². The van der Waals surface area contributed by atoms with Crippen LogP contribution in [0.5, 0.6) is 0 Å². The van der Waals surface area contributed by atoms with E-state index >= 15 is 0 Å². The fourth-order valence-corrected chi connectivity index (χ4v) is 3.22. The number of benzene rings is 1. The molecule has 1 aliphatic heterocycles. The number of allylic oxidation sites excluding steroid dienone is 1. The van der Waals surface area contributed by atoms with Crippen molar-refractivity contribution in [1.82, 2.24) is 10.2 Å². The van der Waals surface area contributed by atoms with Gasteiger partial charge in [-0.05, 0) is 36.5 Å². The first-order valence-corrected chi connectivity index (χ1v) is 9.55. The molecule has 1 saturated carbocycles. The predicted molar refractivity (Wildman–Crippen MR) is 111 cm³/mol. The van der Waals surface area contributed by atoms with Crippen LogP contribution in [0.1, 0.15) is 31.7 Å². The highest BCUT2D eigenvalue weighted by atomic mass is 16.2. The normalized spacial score (nSPS) is 18.2. The summed E-state index contributed by atoms with van der Waals surface area (Å²) in [4.78, 5) is 29.3. The van der Waals surface area contributed by atoms with E-state index in [9.17, 15) is 9.59 Å². The van der Waals surface area contributed by atoms with Gasteiger partial charge in [0, 0.05) is 49.5 Å². The zero-order valence-corrected chi connectivity index (χ0v) is 16.1. The van der Waals surface area contributed by atoms with Crippen LogP contribution in [0.2, 0.25) is 0 Å². The molecule has 28 heavy (non-hydrogen) atoms. The summed E-state index contributed by atoms with van der Waals surface area (Å²) in [5.41, 5.74) is 15.5. The molecule has 7 heteroatoms. The van der Waals surface area contributed by atoms with Gasteiger partial charge in [-0.15, -0.1) is 0 Å². The van der Waals surface area contributed by atoms with E-state index in [2.05, 4.69) is 10.3 Å². The van der Waals surface area contributed by atoms with Gasteiger partial charge in [0.1, 0.15) is 5.84 Å². The molecule has 2 aliphatic rings. The van der Waals surface area contributed by atoms with Gasteiger partial charge >= 0.3 is 0 Å². The van der Waals surface area contributed by atoms with Gasteiger partial charge in [-0.1, -0.05) is 12.1 Å². The van der Waals surface area contributed by atoms with Crippen molar-refractivity contribution in [2.24, 2.45) is 22.4 Å². The van der Waals surface area contributed by atoms with Crippen LogP contribution in [0.3, 0.4) is 0 Å². The number of nitrogens with one attached hydrogen (secondary N) is 1. The Labute approximate surface area is 165 Å². The lowest BCUT2D eigenvalue weighted by Gasteiger charge is -2.30. The maximum Gasteiger partial charge on any atom is 0.219 e. The molecule has 1 aliphatic carbocycles. The molecule has 0 spiro atoms. The van der Waals surface area contributed by atoms with Crippen LogP contribution in [0, 0.1) is 5.92 Å². The van der Waals surface area contributed by atoms with Gasteiger partial charge in [-0.25, -0.2) is 4.99 Å². The van der Waals surface area contributed by atoms with Crippen molar-refractivity contribution < 1.29 is 9.59 Å². The largest absolute Gasteiger partial charge is 0.404 e. The van der Waals surface area contributed by atoms with Crippen molar-refractivity contribution in [3.8, 4) is 0 Å². The molecule has 1 aromatic carbocycles. The quantitative estimate of drug-likeness (QED) is 0.288. The van der Waals surface area contributed by atoms with Crippen molar-refractivity contribution in [1.29, 1.82) is 0 Å². The number of carbonyl (C=O) groups excluding carboxylic acids is 2. The molecule has 148 valence electrons. The molecule has 0 unspecified atom stereocenters. The van der Waals surface area contributed by atoms with E-state index in [4.69, 9.17) is 11.5 Å². The van der Waals surface area contributed by atoms with Gasteiger partial charge in [-0.2, -0.15) is 0 Å². The molecule has 0 atom stereocenters. The number of hydrogen-bond donors (Lipinski definition) is 3. The molecule has 0 saturated heterocycles. The average molecular weight is 381 g/mol. The number of hydrogen-bond acceptors (Lipinski definition) is 5. The van der Waals surface area contributed by atoms with E-state index < -0.39 is 0 Å². The zero-order valence-electron chi connectivity index (χ0n) is 16.1. The van der Waals surface area contributed by atoms with Gasteiger partial charge in [0.25, 0.3) is 0 Å². The summed E-state index contributed by atoms with van der Waals surface area (Å²) in [5.74, 6) is 1.14. The Morgan fingerprint density at radius 3 is 2.82 bits per heavy atom. The molecule has 1 amide bonds. The van der Waals surface area contributed by atoms with E-state index in [1.54, 1.807) is 30.0 Å². The summed E-state index contributed by atoms with van der Waals surface area (Å²) in [5, 5.41) is 3.52. The Morgan fingerprint density at radius 1 is 1.39 bits per heavy atom. The molecular weight excluding hydrogens is 354 g/mol. The fourth-order valence-electron chi connectivity index (χ4n) is 3.22. The standard InChI is InChI=1S/C21H27N5O2/c1-14(28)26-8-7-20(24-11-15-5-6-15)19(12-26)21(23)25-18-4-2-3-16(9-18)17(10-22)13-27/h2-4,9-10,13,15,24H,5-8,11-12,22H2,1H3,(H2,23,25). The van der Waals surface area contributed by atoms with Crippen LogP contribution in [0.4, 0.5) is 5.69 Å². The Kier molecular flexibility index (Phi) is 6.13. The minimum atomic E-state index is 0.0252. The van der Waals surface area contributed by atoms with Crippen molar-refractivity contribution in [3.05, 3.63) is 47.3 Å². The highest BCUT2D eigenvalue weighted by molar-refractivity contribution is 6.07. The van der Waals surface area contributed by atoms with Gasteiger partial charge in [0.15, 0.2) is 6.29 Å². The second kappa shape index (κ2) is 8.73. The van der Waals surface area contributed by atoms with E-state index in [0.29, 0.717) is 42.0 Å². The third-order valence-corrected chi connectivity index (χ3v) is 5.14. The third kappa shape index (κ3) is 4.79. The van der Waals surface area contributed by atoms with Crippen molar-refractivity contribution in [2.75, 3.05) is 19.6 Å². The van der Waals surface area contributed by atoms with Crippen LogP contribution in [0.15, 0.2) is 46.7 Å². The Balaban J connectivity index is 1.88. The minimum absolute atomic E-state index is 0.0252. The van der Waals surface area contributed by atoms with Crippen molar-refractivity contribution >= 4 is 29.3 Å². The first kappa shape index (κ1) is 19.7. The van der Waals surface area contributed by atoms with Gasteiger partial charge in [0.05, 0.1) is 12.2 Å². The molecule has 3 rings (SSSR count). The highest BCUT2D eigenvalue weighted by Gasteiger charge is 2.26. The SMILES string of the molecule is CC(=O)N1CCC(NCC2CC2)=C(C(N)=Nc2cccc(C(C=O)=CN)c2)C1. The van der Waals surface area contributed by atoms with Gasteiger partial charge < -0.3 is 21.7 Å². The second-order valence-electron chi connectivity index (χ2n) is 7.26. The lowest BCUT2D eigenvalue weighted by Crippen LogP contribution is -2.41. The number of aliphatic imine (C=N–C) groups is 1. The zero-order chi connectivity index (χ0) is 20.1. The monoisotopic (exact) mass is 381 g/mol.